The van der Waals surface area contributed by atoms with Crippen molar-refractivity contribution in [3.63, 3.8) is 0 Å². The molecule has 0 radical (unpaired) electrons. The lowest BCUT2D eigenvalue weighted by molar-refractivity contribution is -0.120. The Hall–Kier alpha value is -2.88. The second-order valence-electron chi connectivity index (χ2n) is 7.07. The maximum Gasteiger partial charge on any atom is 0.282 e. The van der Waals surface area contributed by atoms with Crippen LogP contribution in [-0.2, 0) is 9.59 Å². The van der Waals surface area contributed by atoms with E-state index < -0.39 is 0 Å². The number of benzene rings is 2. The van der Waals surface area contributed by atoms with E-state index in [1.165, 1.54) is 4.90 Å². The van der Waals surface area contributed by atoms with E-state index in [-0.39, 0.29) is 11.8 Å². The second-order valence-corrected chi connectivity index (χ2v) is 7.07. The van der Waals surface area contributed by atoms with Crippen molar-refractivity contribution in [3.8, 4) is 0 Å². The third-order valence-electron chi connectivity index (χ3n) is 5.08. The summed E-state index contributed by atoms with van der Waals surface area (Å²) >= 11 is 0. The number of nitrogens with zero attached hydrogens (tertiary/aromatic N) is 2. The molecular formula is C22H22N2O2. The average molecular weight is 346 g/mol. The molecule has 2 aromatic rings. The number of rotatable bonds is 3. The molecule has 0 spiro atoms. The summed E-state index contributed by atoms with van der Waals surface area (Å²) in [6.07, 6.45) is 2.10. The van der Waals surface area contributed by atoms with Gasteiger partial charge in [-0.05, 0) is 49.9 Å². The van der Waals surface area contributed by atoms with Crippen LogP contribution in [0.25, 0.3) is 5.57 Å². The summed E-state index contributed by atoms with van der Waals surface area (Å²) in [7, 11) is 0. The van der Waals surface area contributed by atoms with Crippen molar-refractivity contribution in [2.75, 3.05) is 18.0 Å². The smallest absolute Gasteiger partial charge is 0.282 e. The molecule has 132 valence electrons. The number of aryl methyl sites for hydroxylation is 2. The summed E-state index contributed by atoms with van der Waals surface area (Å²) in [4.78, 5) is 30.0. The molecule has 0 saturated carbocycles. The van der Waals surface area contributed by atoms with E-state index in [1.807, 2.05) is 62.4 Å². The minimum atomic E-state index is -0.230. The van der Waals surface area contributed by atoms with Gasteiger partial charge in [-0.1, -0.05) is 42.0 Å². The van der Waals surface area contributed by atoms with Gasteiger partial charge < -0.3 is 4.90 Å². The summed E-state index contributed by atoms with van der Waals surface area (Å²) in [5.74, 6) is -0.440. The van der Waals surface area contributed by atoms with Gasteiger partial charge >= 0.3 is 0 Å². The zero-order valence-electron chi connectivity index (χ0n) is 15.2. The van der Waals surface area contributed by atoms with E-state index in [4.69, 9.17) is 0 Å². The van der Waals surface area contributed by atoms with Crippen LogP contribution in [0.5, 0.6) is 0 Å². The van der Waals surface area contributed by atoms with E-state index in [2.05, 4.69) is 4.90 Å². The monoisotopic (exact) mass is 346 g/mol. The van der Waals surface area contributed by atoms with Gasteiger partial charge in [-0.15, -0.1) is 0 Å². The Morgan fingerprint density at radius 1 is 0.808 bits per heavy atom. The minimum absolute atomic E-state index is 0.210. The van der Waals surface area contributed by atoms with E-state index >= 15 is 0 Å². The second kappa shape index (κ2) is 6.45. The summed E-state index contributed by atoms with van der Waals surface area (Å²) in [5, 5.41) is 0. The largest absolute Gasteiger partial charge is 0.366 e. The molecule has 0 aliphatic carbocycles. The predicted molar refractivity (Wildman–Crippen MR) is 103 cm³/mol. The Labute approximate surface area is 153 Å². The van der Waals surface area contributed by atoms with Crippen LogP contribution in [0.4, 0.5) is 5.69 Å². The first-order valence-corrected chi connectivity index (χ1v) is 9.08. The van der Waals surface area contributed by atoms with Crippen LogP contribution >= 0.6 is 0 Å². The van der Waals surface area contributed by atoms with Crippen molar-refractivity contribution >= 4 is 23.1 Å². The maximum atomic E-state index is 13.3. The van der Waals surface area contributed by atoms with Crippen LogP contribution < -0.4 is 4.90 Å². The number of amides is 2. The first-order valence-electron chi connectivity index (χ1n) is 9.08. The molecule has 2 heterocycles. The van der Waals surface area contributed by atoms with Crippen molar-refractivity contribution in [1.82, 2.24) is 4.90 Å². The zero-order valence-corrected chi connectivity index (χ0v) is 15.2. The van der Waals surface area contributed by atoms with Gasteiger partial charge in [0, 0.05) is 13.1 Å². The van der Waals surface area contributed by atoms with E-state index in [0.717, 1.165) is 42.6 Å². The fraction of sp³-hybridized carbons (Fsp3) is 0.273. The number of imide groups is 1. The highest BCUT2D eigenvalue weighted by Crippen LogP contribution is 2.36. The van der Waals surface area contributed by atoms with Crippen LogP contribution in [0.3, 0.4) is 0 Å². The maximum absolute atomic E-state index is 13.3. The topological polar surface area (TPSA) is 40.6 Å². The number of likely N-dealkylation sites (tertiary alicyclic amines) is 1. The van der Waals surface area contributed by atoms with Gasteiger partial charge in [0.2, 0.25) is 0 Å². The molecule has 0 N–H and O–H groups in total. The molecule has 26 heavy (non-hydrogen) atoms. The molecule has 2 aromatic carbocycles. The SMILES string of the molecule is Cc1ccc(C2=C(N3CCCC3)C(=O)N(c3cccc(C)c3)C2=O)cc1. The van der Waals surface area contributed by atoms with Gasteiger partial charge in [-0.25, -0.2) is 4.90 Å². The van der Waals surface area contributed by atoms with Gasteiger partial charge in [0.15, 0.2) is 0 Å². The van der Waals surface area contributed by atoms with Crippen molar-refractivity contribution in [1.29, 1.82) is 0 Å². The first kappa shape index (κ1) is 16.6. The number of anilines is 1. The van der Waals surface area contributed by atoms with Crippen molar-refractivity contribution in [2.24, 2.45) is 0 Å². The fourth-order valence-corrected chi connectivity index (χ4v) is 3.73. The Bertz CT molecular complexity index is 906. The molecule has 0 aromatic heterocycles. The van der Waals surface area contributed by atoms with Gasteiger partial charge in [0.25, 0.3) is 11.8 Å². The molecule has 4 rings (SSSR count). The third-order valence-corrected chi connectivity index (χ3v) is 5.08. The normalized spacial score (nSPS) is 17.6. The lowest BCUT2D eigenvalue weighted by atomic mass is 10.0. The van der Waals surface area contributed by atoms with Crippen molar-refractivity contribution in [3.05, 3.63) is 70.9 Å². The third kappa shape index (κ3) is 2.71. The van der Waals surface area contributed by atoms with Gasteiger partial charge in [-0.3, -0.25) is 9.59 Å². The highest BCUT2D eigenvalue weighted by atomic mass is 16.2. The van der Waals surface area contributed by atoms with Gasteiger partial charge in [0.05, 0.1) is 11.3 Å². The summed E-state index contributed by atoms with van der Waals surface area (Å²) in [5.41, 5.74) is 4.68. The molecule has 2 aliphatic heterocycles. The van der Waals surface area contributed by atoms with Crippen LogP contribution in [0, 0.1) is 13.8 Å². The molecule has 2 aliphatic rings. The number of hydrogen-bond acceptors (Lipinski definition) is 3. The molecule has 1 saturated heterocycles. The van der Waals surface area contributed by atoms with Crippen LogP contribution in [0.15, 0.2) is 54.2 Å². The Kier molecular flexibility index (Phi) is 4.11. The highest BCUT2D eigenvalue weighted by Gasteiger charge is 2.42. The van der Waals surface area contributed by atoms with Crippen LogP contribution in [0.2, 0.25) is 0 Å². The number of hydrogen-bond donors (Lipinski definition) is 0. The summed E-state index contributed by atoms with van der Waals surface area (Å²) < 4.78 is 0. The minimum Gasteiger partial charge on any atom is -0.366 e. The Morgan fingerprint density at radius 3 is 2.15 bits per heavy atom. The fourth-order valence-electron chi connectivity index (χ4n) is 3.73. The standard InChI is InChI=1S/C22H22N2O2/c1-15-8-10-17(11-9-15)19-20(23-12-3-4-13-23)22(26)24(21(19)25)18-7-5-6-16(2)14-18/h5-11,14H,3-4,12-13H2,1-2H3. The van der Waals surface area contributed by atoms with Crippen molar-refractivity contribution < 1.29 is 9.59 Å². The van der Waals surface area contributed by atoms with Crippen molar-refractivity contribution in [2.45, 2.75) is 26.7 Å². The summed E-state index contributed by atoms with van der Waals surface area (Å²) in [6, 6.07) is 15.4. The molecule has 1 fully saturated rings. The molecule has 0 unspecified atom stereocenters. The van der Waals surface area contributed by atoms with Crippen LogP contribution in [0.1, 0.15) is 29.5 Å². The predicted octanol–water partition coefficient (Wildman–Crippen LogP) is 3.68. The van der Waals surface area contributed by atoms with E-state index in [1.54, 1.807) is 0 Å². The number of carbonyl (C=O) groups excluding carboxylic acids is 2. The van der Waals surface area contributed by atoms with E-state index in [0.29, 0.717) is 17.0 Å². The number of carbonyl (C=O) groups is 2. The molecule has 4 heteroatoms. The summed E-state index contributed by atoms with van der Waals surface area (Å²) in [6.45, 7) is 5.63. The average Bonchev–Trinajstić information content (AvgIpc) is 3.22. The molecule has 0 atom stereocenters. The first-order chi connectivity index (χ1) is 12.6. The van der Waals surface area contributed by atoms with Crippen LogP contribution in [-0.4, -0.2) is 29.8 Å². The molecule has 2 amide bonds. The zero-order chi connectivity index (χ0) is 18.3. The highest BCUT2D eigenvalue weighted by molar-refractivity contribution is 6.45. The molecule has 4 nitrogen and oxygen atoms in total. The Morgan fingerprint density at radius 2 is 1.50 bits per heavy atom. The lowest BCUT2D eigenvalue weighted by Crippen LogP contribution is -2.34. The Balaban J connectivity index is 1.84. The van der Waals surface area contributed by atoms with E-state index in [9.17, 15) is 9.59 Å². The molecular weight excluding hydrogens is 324 g/mol. The lowest BCUT2D eigenvalue weighted by Gasteiger charge is -2.20. The van der Waals surface area contributed by atoms with Gasteiger partial charge in [0.1, 0.15) is 5.70 Å². The quantitative estimate of drug-likeness (QED) is 0.796. The molecule has 0 bridgehead atoms. The van der Waals surface area contributed by atoms with Gasteiger partial charge in [-0.2, -0.15) is 0 Å².